The molecule has 4 nitrogen and oxygen atoms in total. The Bertz CT molecular complexity index is 182. The van der Waals surface area contributed by atoms with Gasteiger partial charge in [-0.25, -0.2) is 0 Å². The van der Waals surface area contributed by atoms with Crippen molar-refractivity contribution >= 4 is 11.4 Å². The average molecular weight is 184 g/mol. The van der Waals surface area contributed by atoms with Gasteiger partial charge in [-0.1, -0.05) is 0 Å². The molecule has 4 heteroatoms. The van der Waals surface area contributed by atoms with Gasteiger partial charge in [-0.05, 0) is 13.8 Å². The highest BCUT2D eigenvalue weighted by molar-refractivity contribution is 6.02. The second kappa shape index (κ2) is 5.56. The zero-order valence-electron chi connectivity index (χ0n) is 9.50. The Hall–Kier alpha value is -1.06. The Morgan fingerprint density at radius 3 is 1.38 bits per heavy atom. The molecular weight excluding hydrogens is 164 g/mol. The van der Waals surface area contributed by atoms with Crippen LogP contribution in [0.3, 0.4) is 0 Å². The Morgan fingerprint density at radius 1 is 0.846 bits per heavy atom. The first-order chi connectivity index (χ1) is 5.91. The van der Waals surface area contributed by atoms with E-state index in [0.29, 0.717) is 0 Å². The molecule has 0 rings (SSSR count). The summed E-state index contributed by atoms with van der Waals surface area (Å²) in [5, 5.41) is 12.2. The predicted molar refractivity (Wildman–Crippen MR) is 58.2 cm³/mol. The highest BCUT2D eigenvalue weighted by Gasteiger charge is 1.96. The van der Waals surface area contributed by atoms with E-state index in [1.807, 2.05) is 42.0 Å². The molecule has 0 spiro atoms. The molecule has 13 heavy (non-hydrogen) atoms. The first-order valence-electron chi connectivity index (χ1n) is 4.34. The summed E-state index contributed by atoms with van der Waals surface area (Å²) in [4.78, 5) is 0. The van der Waals surface area contributed by atoms with E-state index in [4.69, 9.17) is 0 Å². The number of hydrazone groups is 2. The van der Waals surface area contributed by atoms with Crippen molar-refractivity contribution in [1.29, 1.82) is 0 Å². The van der Waals surface area contributed by atoms with Crippen molar-refractivity contribution < 1.29 is 0 Å². The number of nitrogens with zero attached hydrogens (tertiary/aromatic N) is 4. The summed E-state index contributed by atoms with van der Waals surface area (Å²) in [6.07, 6.45) is 0.830. The van der Waals surface area contributed by atoms with Crippen LogP contribution in [-0.4, -0.2) is 49.6 Å². The Morgan fingerprint density at radius 2 is 1.15 bits per heavy atom. The van der Waals surface area contributed by atoms with E-state index in [2.05, 4.69) is 10.2 Å². The fourth-order valence-electron chi connectivity index (χ4n) is 1.12. The third kappa shape index (κ3) is 7.31. The van der Waals surface area contributed by atoms with Gasteiger partial charge in [0.15, 0.2) is 0 Å². The Labute approximate surface area is 80.9 Å². The molecule has 0 unspecified atom stereocenters. The van der Waals surface area contributed by atoms with Crippen LogP contribution in [0.2, 0.25) is 0 Å². The molecule has 0 aromatic carbocycles. The minimum atomic E-state index is 0.830. The van der Waals surface area contributed by atoms with Crippen LogP contribution in [0.4, 0.5) is 0 Å². The molecule has 0 amide bonds. The van der Waals surface area contributed by atoms with Crippen molar-refractivity contribution in [2.24, 2.45) is 10.2 Å². The van der Waals surface area contributed by atoms with Crippen molar-refractivity contribution in [1.82, 2.24) is 10.0 Å². The molecule has 0 aliphatic rings. The Kier molecular flexibility index (Phi) is 5.11. The quantitative estimate of drug-likeness (QED) is 0.486. The van der Waals surface area contributed by atoms with E-state index >= 15 is 0 Å². The van der Waals surface area contributed by atoms with Crippen LogP contribution in [0.25, 0.3) is 0 Å². The second-order valence-corrected chi connectivity index (χ2v) is 3.54. The fourth-order valence-corrected chi connectivity index (χ4v) is 1.12. The van der Waals surface area contributed by atoms with Crippen molar-refractivity contribution in [3.63, 3.8) is 0 Å². The van der Waals surface area contributed by atoms with E-state index in [9.17, 15) is 0 Å². The average Bonchev–Trinajstić information content (AvgIpc) is 1.80. The van der Waals surface area contributed by atoms with Crippen molar-refractivity contribution in [3.05, 3.63) is 0 Å². The molecule has 0 N–H and O–H groups in total. The van der Waals surface area contributed by atoms with Crippen LogP contribution in [0.5, 0.6) is 0 Å². The third-order valence-corrected chi connectivity index (χ3v) is 1.25. The van der Waals surface area contributed by atoms with Gasteiger partial charge in [0, 0.05) is 46.0 Å². The van der Waals surface area contributed by atoms with E-state index in [1.165, 1.54) is 0 Å². The number of hydrogen-bond acceptors (Lipinski definition) is 4. The molecule has 0 saturated heterocycles. The molecule has 0 saturated carbocycles. The third-order valence-electron chi connectivity index (χ3n) is 1.25. The first kappa shape index (κ1) is 11.9. The highest BCUT2D eigenvalue weighted by atomic mass is 15.4. The SMILES string of the molecule is C/C(C/C(C)=N/N(C)C)=N/N(C)C. The lowest BCUT2D eigenvalue weighted by molar-refractivity contribution is 0.433. The molecule has 0 aliphatic heterocycles. The number of hydrogen-bond donors (Lipinski definition) is 0. The molecule has 0 heterocycles. The number of rotatable bonds is 4. The van der Waals surface area contributed by atoms with E-state index in [-0.39, 0.29) is 0 Å². The molecule has 0 atom stereocenters. The minimum Gasteiger partial charge on any atom is -0.303 e. The first-order valence-corrected chi connectivity index (χ1v) is 4.34. The van der Waals surface area contributed by atoms with E-state index < -0.39 is 0 Å². The van der Waals surface area contributed by atoms with Crippen LogP contribution in [-0.2, 0) is 0 Å². The summed E-state index contributed by atoms with van der Waals surface area (Å²) in [6.45, 7) is 4.02. The maximum atomic E-state index is 4.28. The molecule has 0 aromatic rings. The molecular formula is C9H20N4. The molecule has 0 aliphatic carbocycles. The molecule has 0 aromatic heterocycles. The maximum Gasteiger partial charge on any atom is 0.0406 e. The van der Waals surface area contributed by atoms with E-state index in [1.54, 1.807) is 10.0 Å². The van der Waals surface area contributed by atoms with Crippen LogP contribution >= 0.6 is 0 Å². The van der Waals surface area contributed by atoms with Crippen LogP contribution in [0.15, 0.2) is 10.2 Å². The summed E-state index contributed by atoms with van der Waals surface area (Å²) >= 11 is 0. The van der Waals surface area contributed by atoms with Crippen LogP contribution < -0.4 is 0 Å². The highest BCUT2D eigenvalue weighted by Crippen LogP contribution is 1.93. The predicted octanol–water partition coefficient (Wildman–Crippen LogP) is 1.25. The largest absolute Gasteiger partial charge is 0.303 e. The van der Waals surface area contributed by atoms with Gasteiger partial charge < -0.3 is 10.0 Å². The summed E-state index contributed by atoms with van der Waals surface area (Å²) < 4.78 is 0. The maximum absolute atomic E-state index is 4.28. The van der Waals surface area contributed by atoms with Crippen LogP contribution in [0, 0.1) is 0 Å². The standard InChI is InChI=1S/C9H20N4/c1-8(10-12(3)4)7-9(2)11-13(5)6/h7H2,1-6H3/b10-8-,11-9+. The molecule has 0 bridgehead atoms. The van der Waals surface area contributed by atoms with Gasteiger partial charge in [-0.15, -0.1) is 0 Å². The lowest BCUT2D eigenvalue weighted by Gasteiger charge is -2.09. The van der Waals surface area contributed by atoms with Gasteiger partial charge in [0.1, 0.15) is 0 Å². The molecule has 0 fully saturated rings. The lowest BCUT2D eigenvalue weighted by Crippen LogP contribution is -2.12. The van der Waals surface area contributed by atoms with Crippen LogP contribution in [0.1, 0.15) is 20.3 Å². The van der Waals surface area contributed by atoms with E-state index in [0.717, 1.165) is 17.8 Å². The minimum absolute atomic E-state index is 0.830. The summed E-state index contributed by atoms with van der Waals surface area (Å²) in [5.41, 5.74) is 2.15. The van der Waals surface area contributed by atoms with Crippen molar-refractivity contribution in [2.45, 2.75) is 20.3 Å². The summed E-state index contributed by atoms with van der Waals surface area (Å²) in [5.74, 6) is 0. The van der Waals surface area contributed by atoms with Crippen molar-refractivity contribution in [2.75, 3.05) is 28.2 Å². The fraction of sp³-hybridized carbons (Fsp3) is 0.778. The lowest BCUT2D eigenvalue weighted by atomic mass is 10.2. The van der Waals surface area contributed by atoms with Gasteiger partial charge in [-0.2, -0.15) is 10.2 Å². The van der Waals surface area contributed by atoms with Gasteiger partial charge in [0.2, 0.25) is 0 Å². The molecule has 76 valence electrons. The molecule has 0 radical (unpaired) electrons. The monoisotopic (exact) mass is 184 g/mol. The zero-order valence-corrected chi connectivity index (χ0v) is 9.50. The zero-order chi connectivity index (χ0) is 10.4. The van der Waals surface area contributed by atoms with Crippen molar-refractivity contribution in [3.8, 4) is 0 Å². The smallest absolute Gasteiger partial charge is 0.0406 e. The van der Waals surface area contributed by atoms with Gasteiger partial charge >= 0.3 is 0 Å². The topological polar surface area (TPSA) is 31.2 Å². The Balaban J connectivity index is 4.13. The normalized spacial score (nSPS) is 13.1. The summed E-state index contributed by atoms with van der Waals surface area (Å²) in [7, 11) is 7.67. The van der Waals surface area contributed by atoms with Gasteiger partial charge in [0.05, 0.1) is 0 Å². The van der Waals surface area contributed by atoms with Gasteiger partial charge in [0.25, 0.3) is 0 Å². The second-order valence-electron chi connectivity index (χ2n) is 3.54. The summed E-state index contributed by atoms with van der Waals surface area (Å²) in [6, 6.07) is 0. The van der Waals surface area contributed by atoms with Gasteiger partial charge in [-0.3, -0.25) is 0 Å².